The van der Waals surface area contributed by atoms with Crippen molar-refractivity contribution in [2.45, 2.75) is 0 Å². The van der Waals surface area contributed by atoms with Gasteiger partial charge in [-0.25, -0.2) is 0 Å². The van der Waals surface area contributed by atoms with Crippen LogP contribution in [0.3, 0.4) is 0 Å². The first-order chi connectivity index (χ1) is 8.58. The molecule has 0 heterocycles. The van der Waals surface area contributed by atoms with E-state index in [4.69, 9.17) is 23.2 Å². The van der Waals surface area contributed by atoms with Gasteiger partial charge in [0.25, 0.3) is 0 Å². The standard InChI is InChI=1S/C14H14Cl2N2/c1-17(13-7-3-11(15)4-8-13)18(2)14-9-5-12(16)6-10-14/h3-10H,1-2H3. The Morgan fingerprint density at radius 2 is 0.889 bits per heavy atom. The highest BCUT2D eigenvalue weighted by molar-refractivity contribution is 6.30. The second-order valence-electron chi connectivity index (χ2n) is 4.00. The van der Waals surface area contributed by atoms with Crippen LogP contribution in [-0.2, 0) is 0 Å². The molecule has 18 heavy (non-hydrogen) atoms. The van der Waals surface area contributed by atoms with Crippen LogP contribution in [0.4, 0.5) is 11.4 Å². The maximum Gasteiger partial charge on any atom is 0.0571 e. The molecule has 0 N–H and O–H groups in total. The van der Waals surface area contributed by atoms with E-state index in [0.29, 0.717) is 0 Å². The summed E-state index contributed by atoms with van der Waals surface area (Å²) >= 11 is 11.8. The van der Waals surface area contributed by atoms with Gasteiger partial charge in [-0.2, -0.15) is 0 Å². The van der Waals surface area contributed by atoms with Crippen molar-refractivity contribution < 1.29 is 0 Å². The molecule has 0 aliphatic heterocycles. The van der Waals surface area contributed by atoms with Gasteiger partial charge in [0.1, 0.15) is 0 Å². The Morgan fingerprint density at radius 3 is 1.17 bits per heavy atom. The van der Waals surface area contributed by atoms with E-state index in [1.165, 1.54) is 0 Å². The molecule has 0 aromatic heterocycles. The van der Waals surface area contributed by atoms with Crippen molar-refractivity contribution in [1.29, 1.82) is 0 Å². The third-order valence-corrected chi connectivity index (χ3v) is 3.35. The summed E-state index contributed by atoms with van der Waals surface area (Å²) in [7, 11) is 4.00. The minimum Gasteiger partial charge on any atom is -0.289 e. The molecule has 2 nitrogen and oxygen atoms in total. The van der Waals surface area contributed by atoms with E-state index in [1.807, 2.05) is 72.6 Å². The quantitative estimate of drug-likeness (QED) is 0.765. The van der Waals surface area contributed by atoms with Gasteiger partial charge >= 0.3 is 0 Å². The van der Waals surface area contributed by atoms with Crippen molar-refractivity contribution >= 4 is 34.6 Å². The van der Waals surface area contributed by atoms with Gasteiger partial charge in [0.2, 0.25) is 0 Å². The van der Waals surface area contributed by atoms with Crippen molar-refractivity contribution in [3.63, 3.8) is 0 Å². The molecule has 0 saturated carbocycles. The van der Waals surface area contributed by atoms with Gasteiger partial charge in [-0.1, -0.05) is 23.2 Å². The van der Waals surface area contributed by atoms with Crippen molar-refractivity contribution in [3.8, 4) is 0 Å². The predicted octanol–water partition coefficient (Wildman–Crippen LogP) is 4.48. The minimum atomic E-state index is 0.737. The number of nitrogens with zero attached hydrogens (tertiary/aromatic N) is 2. The molecule has 0 aliphatic carbocycles. The lowest BCUT2D eigenvalue weighted by molar-refractivity contribution is 0.891. The third-order valence-electron chi connectivity index (χ3n) is 2.85. The number of benzene rings is 2. The SMILES string of the molecule is CN(c1ccc(Cl)cc1)N(C)c1ccc(Cl)cc1. The maximum absolute atomic E-state index is 5.88. The highest BCUT2D eigenvalue weighted by Crippen LogP contribution is 2.22. The van der Waals surface area contributed by atoms with Gasteiger partial charge in [0.15, 0.2) is 0 Å². The van der Waals surface area contributed by atoms with Gasteiger partial charge < -0.3 is 0 Å². The first-order valence-electron chi connectivity index (χ1n) is 5.56. The smallest absolute Gasteiger partial charge is 0.0571 e. The van der Waals surface area contributed by atoms with Gasteiger partial charge in [0, 0.05) is 24.1 Å². The van der Waals surface area contributed by atoms with Crippen molar-refractivity contribution in [3.05, 3.63) is 58.6 Å². The van der Waals surface area contributed by atoms with Crippen LogP contribution in [0.15, 0.2) is 48.5 Å². The van der Waals surface area contributed by atoms with Crippen molar-refractivity contribution in [2.75, 3.05) is 24.1 Å². The molecule has 0 unspecified atom stereocenters. The van der Waals surface area contributed by atoms with Crippen molar-refractivity contribution in [1.82, 2.24) is 0 Å². The molecule has 0 radical (unpaired) electrons. The number of anilines is 2. The van der Waals surface area contributed by atoms with Crippen molar-refractivity contribution in [2.24, 2.45) is 0 Å². The van der Waals surface area contributed by atoms with Crippen LogP contribution in [0.5, 0.6) is 0 Å². The number of rotatable bonds is 3. The lowest BCUT2D eigenvalue weighted by Crippen LogP contribution is -2.36. The molecular weight excluding hydrogens is 267 g/mol. The average molecular weight is 281 g/mol. The highest BCUT2D eigenvalue weighted by Gasteiger charge is 2.08. The zero-order valence-electron chi connectivity index (χ0n) is 10.3. The number of halogens is 2. The minimum absolute atomic E-state index is 0.737. The number of hydrogen-bond donors (Lipinski definition) is 0. The normalized spacial score (nSPS) is 10.2. The summed E-state index contributed by atoms with van der Waals surface area (Å²) in [6.45, 7) is 0. The molecule has 0 spiro atoms. The fraction of sp³-hybridized carbons (Fsp3) is 0.143. The van der Waals surface area contributed by atoms with Crippen LogP contribution in [0.1, 0.15) is 0 Å². The Bertz CT molecular complexity index is 459. The molecule has 0 fully saturated rings. The first-order valence-corrected chi connectivity index (χ1v) is 6.32. The second kappa shape index (κ2) is 5.51. The molecule has 4 heteroatoms. The van der Waals surface area contributed by atoms with Crippen LogP contribution in [-0.4, -0.2) is 14.1 Å². The molecule has 0 aliphatic rings. The van der Waals surface area contributed by atoms with E-state index in [2.05, 4.69) is 0 Å². The molecule has 0 bridgehead atoms. The van der Waals surface area contributed by atoms with Gasteiger partial charge in [-0.15, -0.1) is 0 Å². The summed E-state index contributed by atoms with van der Waals surface area (Å²) in [5, 5.41) is 5.56. The highest BCUT2D eigenvalue weighted by atomic mass is 35.5. The second-order valence-corrected chi connectivity index (χ2v) is 4.87. The lowest BCUT2D eigenvalue weighted by Gasteiger charge is -2.32. The van der Waals surface area contributed by atoms with E-state index in [9.17, 15) is 0 Å². The van der Waals surface area contributed by atoms with Gasteiger partial charge in [-0.3, -0.25) is 10.0 Å². The fourth-order valence-corrected chi connectivity index (χ4v) is 1.91. The van der Waals surface area contributed by atoms with Crippen LogP contribution >= 0.6 is 23.2 Å². The van der Waals surface area contributed by atoms with E-state index < -0.39 is 0 Å². The molecule has 2 rings (SSSR count). The van der Waals surface area contributed by atoms with Crippen LogP contribution < -0.4 is 10.0 Å². The largest absolute Gasteiger partial charge is 0.289 e. The first kappa shape index (κ1) is 13.1. The molecule has 0 saturated heterocycles. The molecule has 2 aromatic carbocycles. The Kier molecular flexibility index (Phi) is 4.00. The molecule has 2 aromatic rings. The summed E-state index contributed by atoms with van der Waals surface area (Å²) in [5.74, 6) is 0. The zero-order valence-corrected chi connectivity index (χ0v) is 11.8. The monoisotopic (exact) mass is 280 g/mol. The molecule has 0 amide bonds. The predicted molar refractivity (Wildman–Crippen MR) is 79.7 cm³/mol. The van der Waals surface area contributed by atoms with Crippen LogP contribution in [0.2, 0.25) is 10.0 Å². The summed E-state index contributed by atoms with van der Waals surface area (Å²) in [4.78, 5) is 0. The average Bonchev–Trinajstić information content (AvgIpc) is 2.39. The Morgan fingerprint density at radius 1 is 0.611 bits per heavy atom. The molecule has 94 valence electrons. The van der Waals surface area contributed by atoms with Gasteiger partial charge in [-0.05, 0) is 48.5 Å². The third kappa shape index (κ3) is 2.89. The summed E-state index contributed by atoms with van der Waals surface area (Å²) in [5.41, 5.74) is 2.13. The van der Waals surface area contributed by atoms with E-state index >= 15 is 0 Å². The van der Waals surface area contributed by atoms with E-state index in [0.717, 1.165) is 21.4 Å². The summed E-state index contributed by atoms with van der Waals surface area (Å²) < 4.78 is 0. The number of hydrazine groups is 1. The molecular formula is C14H14Cl2N2. The van der Waals surface area contributed by atoms with Gasteiger partial charge in [0.05, 0.1) is 11.4 Å². The van der Waals surface area contributed by atoms with E-state index in [-0.39, 0.29) is 0 Å². The van der Waals surface area contributed by atoms with Crippen LogP contribution in [0, 0.1) is 0 Å². The lowest BCUT2D eigenvalue weighted by atomic mass is 10.3. The molecule has 0 atom stereocenters. The fourth-order valence-electron chi connectivity index (χ4n) is 1.66. The summed E-state index contributed by atoms with van der Waals surface area (Å²) in [6.07, 6.45) is 0. The number of hydrogen-bond acceptors (Lipinski definition) is 2. The maximum atomic E-state index is 5.88. The summed E-state index contributed by atoms with van der Waals surface area (Å²) in [6, 6.07) is 15.4. The topological polar surface area (TPSA) is 6.48 Å². The van der Waals surface area contributed by atoms with Crippen LogP contribution in [0.25, 0.3) is 0 Å². The van der Waals surface area contributed by atoms with E-state index in [1.54, 1.807) is 0 Å². The Balaban J connectivity index is 2.20. The Labute approximate surface area is 117 Å². The zero-order chi connectivity index (χ0) is 13.1. The Hall–Kier alpha value is -1.38.